The van der Waals surface area contributed by atoms with Gasteiger partial charge in [-0.1, -0.05) is 31.7 Å². The number of carbonyl (C=O) groups excluding carboxylic acids is 1. The van der Waals surface area contributed by atoms with Crippen LogP contribution in [0.5, 0.6) is 0 Å². The summed E-state index contributed by atoms with van der Waals surface area (Å²) in [5.74, 6) is 1.44. The lowest BCUT2D eigenvalue weighted by Gasteiger charge is -2.12. The SMILES string of the molecule is CSc1nnc(CCCNC(=O)CCn2ccccc2=O)n1CC(C)C. The van der Waals surface area contributed by atoms with Crippen molar-refractivity contribution in [2.45, 2.75) is 51.4 Å². The zero-order valence-corrected chi connectivity index (χ0v) is 16.5. The van der Waals surface area contributed by atoms with E-state index in [2.05, 4.69) is 33.9 Å². The van der Waals surface area contributed by atoms with Gasteiger partial charge in [0, 0.05) is 44.7 Å². The highest BCUT2D eigenvalue weighted by Gasteiger charge is 2.12. The molecule has 0 bridgehead atoms. The van der Waals surface area contributed by atoms with Gasteiger partial charge in [0.2, 0.25) is 5.91 Å². The van der Waals surface area contributed by atoms with Crippen LogP contribution < -0.4 is 10.9 Å². The smallest absolute Gasteiger partial charge is 0.250 e. The summed E-state index contributed by atoms with van der Waals surface area (Å²) in [6.45, 7) is 6.23. The van der Waals surface area contributed by atoms with Crippen LogP contribution in [0.3, 0.4) is 0 Å². The van der Waals surface area contributed by atoms with Crippen molar-refractivity contribution < 1.29 is 4.79 Å². The van der Waals surface area contributed by atoms with Crippen molar-refractivity contribution in [2.75, 3.05) is 12.8 Å². The standard InChI is InChI=1S/C18H27N5O2S/c1-14(2)13-23-15(20-21-18(23)26-3)7-6-10-19-16(24)9-12-22-11-5-4-8-17(22)25/h4-5,8,11,14H,6-7,9-10,12-13H2,1-3H3,(H,19,24). The fraction of sp³-hybridized carbons (Fsp3) is 0.556. The van der Waals surface area contributed by atoms with E-state index in [0.29, 0.717) is 25.4 Å². The van der Waals surface area contributed by atoms with E-state index < -0.39 is 0 Å². The number of thioether (sulfide) groups is 1. The third-order valence-electron chi connectivity index (χ3n) is 3.90. The largest absolute Gasteiger partial charge is 0.356 e. The number of hydrogen-bond acceptors (Lipinski definition) is 5. The van der Waals surface area contributed by atoms with Gasteiger partial charge in [-0.25, -0.2) is 0 Å². The Balaban J connectivity index is 1.75. The van der Waals surface area contributed by atoms with Crippen molar-refractivity contribution in [1.82, 2.24) is 24.6 Å². The van der Waals surface area contributed by atoms with Crippen LogP contribution in [-0.4, -0.2) is 38.0 Å². The molecule has 0 aliphatic carbocycles. The van der Waals surface area contributed by atoms with Crippen molar-refractivity contribution in [3.63, 3.8) is 0 Å². The predicted octanol–water partition coefficient (Wildman–Crippen LogP) is 1.96. The Kier molecular flexibility index (Phi) is 7.90. The van der Waals surface area contributed by atoms with Crippen LogP contribution >= 0.6 is 11.8 Å². The number of aryl methyl sites for hydroxylation is 2. The molecule has 0 aliphatic rings. The molecule has 0 saturated carbocycles. The Hall–Kier alpha value is -2.09. The van der Waals surface area contributed by atoms with Gasteiger partial charge in [0.15, 0.2) is 5.16 Å². The van der Waals surface area contributed by atoms with E-state index in [1.165, 1.54) is 10.6 Å². The second-order valence-electron chi connectivity index (χ2n) is 6.54. The molecule has 0 atom stereocenters. The summed E-state index contributed by atoms with van der Waals surface area (Å²) in [6.07, 6.45) is 5.58. The van der Waals surface area contributed by atoms with E-state index in [0.717, 1.165) is 30.4 Å². The number of amides is 1. The van der Waals surface area contributed by atoms with Crippen LogP contribution in [0.4, 0.5) is 0 Å². The quantitative estimate of drug-likeness (QED) is 0.506. The Morgan fingerprint density at radius 3 is 2.81 bits per heavy atom. The molecular formula is C18H27N5O2S. The molecule has 0 unspecified atom stereocenters. The highest BCUT2D eigenvalue weighted by molar-refractivity contribution is 7.98. The van der Waals surface area contributed by atoms with E-state index in [4.69, 9.17) is 0 Å². The number of pyridine rings is 1. The van der Waals surface area contributed by atoms with Crippen LogP contribution in [0.25, 0.3) is 0 Å². The summed E-state index contributed by atoms with van der Waals surface area (Å²) in [5, 5.41) is 12.4. The van der Waals surface area contributed by atoms with Gasteiger partial charge in [0.1, 0.15) is 5.82 Å². The molecule has 2 aromatic heterocycles. The maximum atomic E-state index is 11.9. The van der Waals surface area contributed by atoms with Crippen LogP contribution in [0.1, 0.15) is 32.5 Å². The highest BCUT2D eigenvalue weighted by atomic mass is 32.2. The van der Waals surface area contributed by atoms with Crippen LogP contribution in [-0.2, 0) is 24.3 Å². The zero-order chi connectivity index (χ0) is 18.9. The maximum Gasteiger partial charge on any atom is 0.250 e. The van der Waals surface area contributed by atoms with Crippen LogP contribution in [0.2, 0.25) is 0 Å². The van der Waals surface area contributed by atoms with Crippen molar-refractivity contribution >= 4 is 17.7 Å². The Morgan fingerprint density at radius 2 is 2.12 bits per heavy atom. The summed E-state index contributed by atoms with van der Waals surface area (Å²) in [5.41, 5.74) is -0.0885. The van der Waals surface area contributed by atoms with E-state index in [9.17, 15) is 9.59 Å². The molecule has 1 amide bonds. The minimum atomic E-state index is -0.0885. The molecule has 2 rings (SSSR count). The van der Waals surface area contributed by atoms with Crippen molar-refractivity contribution in [3.05, 3.63) is 40.6 Å². The van der Waals surface area contributed by atoms with Gasteiger partial charge in [0.05, 0.1) is 0 Å². The molecule has 2 heterocycles. The molecule has 0 aromatic carbocycles. The second kappa shape index (κ2) is 10.2. The van der Waals surface area contributed by atoms with Crippen molar-refractivity contribution in [1.29, 1.82) is 0 Å². The average molecular weight is 378 g/mol. The first-order valence-electron chi connectivity index (χ1n) is 8.89. The third kappa shape index (κ3) is 6.01. The van der Waals surface area contributed by atoms with E-state index in [1.54, 1.807) is 30.1 Å². The normalized spacial score (nSPS) is 11.1. The van der Waals surface area contributed by atoms with E-state index in [1.807, 2.05) is 6.26 Å². The van der Waals surface area contributed by atoms with Gasteiger partial charge in [-0.15, -0.1) is 10.2 Å². The molecule has 7 nitrogen and oxygen atoms in total. The summed E-state index contributed by atoms with van der Waals surface area (Å²) < 4.78 is 3.71. The number of nitrogens with zero attached hydrogens (tertiary/aromatic N) is 4. The summed E-state index contributed by atoms with van der Waals surface area (Å²) in [7, 11) is 0. The number of aromatic nitrogens is 4. The first kappa shape index (κ1) is 20.2. The number of nitrogens with one attached hydrogen (secondary N) is 1. The molecule has 8 heteroatoms. The molecule has 0 fully saturated rings. The lowest BCUT2D eigenvalue weighted by atomic mass is 10.2. The molecule has 0 aliphatic heterocycles. The minimum Gasteiger partial charge on any atom is -0.356 e. The fourth-order valence-corrected chi connectivity index (χ4v) is 3.16. The second-order valence-corrected chi connectivity index (χ2v) is 7.32. The lowest BCUT2D eigenvalue weighted by molar-refractivity contribution is -0.121. The molecule has 1 N–H and O–H groups in total. The van der Waals surface area contributed by atoms with E-state index in [-0.39, 0.29) is 11.5 Å². The first-order chi connectivity index (χ1) is 12.5. The number of carbonyl (C=O) groups is 1. The van der Waals surface area contributed by atoms with Gasteiger partial charge >= 0.3 is 0 Å². The Bertz CT molecular complexity index is 769. The lowest BCUT2D eigenvalue weighted by Crippen LogP contribution is -2.28. The summed E-state index contributed by atoms with van der Waals surface area (Å²) in [4.78, 5) is 23.5. The van der Waals surface area contributed by atoms with Crippen molar-refractivity contribution in [3.8, 4) is 0 Å². The summed E-state index contributed by atoms with van der Waals surface area (Å²) in [6, 6.07) is 4.98. The number of rotatable bonds is 10. The van der Waals surface area contributed by atoms with Crippen molar-refractivity contribution in [2.24, 2.45) is 5.92 Å². The molecule has 142 valence electrons. The van der Waals surface area contributed by atoms with Gasteiger partial charge in [-0.05, 0) is 24.7 Å². The number of hydrogen-bond donors (Lipinski definition) is 1. The van der Waals surface area contributed by atoms with Crippen LogP contribution in [0.15, 0.2) is 34.3 Å². The van der Waals surface area contributed by atoms with E-state index >= 15 is 0 Å². The Morgan fingerprint density at radius 1 is 1.31 bits per heavy atom. The summed E-state index contributed by atoms with van der Waals surface area (Å²) >= 11 is 1.60. The topological polar surface area (TPSA) is 81.8 Å². The average Bonchev–Trinajstić information content (AvgIpc) is 2.99. The Labute approximate surface area is 158 Å². The molecule has 26 heavy (non-hydrogen) atoms. The first-order valence-corrected chi connectivity index (χ1v) is 10.1. The molecule has 0 saturated heterocycles. The van der Waals surface area contributed by atoms with Gasteiger partial charge in [-0.2, -0.15) is 0 Å². The van der Waals surface area contributed by atoms with Gasteiger partial charge in [0.25, 0.3) is 5.56 Å². The highest BCUT2D eigenvalue weighted by Crippen LogP contribution is 2.16. The van der Waals surface area contributed by atoms with Crippen LogP contribution in [0, 0.1) is 5.92 Å². The molecule has 0 radical (unpaired) electrons. The molecule has 0 spiro atoms. The molecule has 2 aromatic rings. The monoisotopic (exact) mass is 377 g/mol. The zero-order valence-electron chi connectivity index (χ0n) is 15.6. The molecular weight excluding hydrogens is 350 g/mol. The third-order valence-corrected chi connectivity index (χ3v) is 4.57. The minimum absolute atomic E-state index is 0.0470. The fourth-order valence-electron chi connectivity index (χ4n) is 2.63. The van der Waals surface area contributed by atoms with Gasteiger partial charge in [-0.3, -0.25) is 9.59 Å². The van der Waals surface area contributed by atoms with Gasteiger partial charge < -0.3 is 14.5 Å². The maximum absolute atomic E-state index is 11.9. The predicted molar refractivity (Wildman–Crippen MR) is 103 cm³/mol.